The minimum atomic E-state index is -2.40. The van der Waals surface area contributed by atoms with E-state index in [1.807, 2.05) is 0 Å². The van der Waals surface area contributed by atoms with E-state index in [-0.39, 0.29) is 0 Å². The van der Waals surface area contributed by atoms with Crippen molar-refractivity contribution in [1.29, 1.82) is 0 Å². The van der Waals surface area contributed by atoms with E-state index in [0.717, 1.165) is 11.1 Å². The number of hydrogen-bond acceptors (Lipinski definition) is 3. The van der Waals surface area contributed by atoms with Crippen LogP contribution in [-0.4, -0.2) is 27.3 Å². The van der Waals surface area contributed by atoms with Gasteiger partial charge in [-0.1, -0.05) is 167 Å². The third kappa shape index (κ3) is 7.20. The lowest BCUT2D eigenvalue weighted by atomic mass is 10.4. The van der Waals surface area contributed by atoms with Gasteiger partial charge in [-0.05, 0) is 28.5 Å². The van der Waals surface area contributed by atoms with Gasteiger partial charge in [-0.15, -0.1) is 0 Å². The van der Waals surface area contributed by atoms with Crippen molar-refractivity contribution >= 4 is 63.0 Å². The van der Waals surface area contributed by atoms with E-state index in [1.165, 1.54) is 21.2 Å². The van der Waals surface area contributed by atoms with Gasteiger partial charge >= 0.3 is 0 Å². The molecule has 0 aliphatic heterocycles. The Morgan fingerprint density at radius 2 is 0.953 bits per heavy atom. The summed E-state index contributed by atoms with van der Waals surface area (Å²) in [5.41, 5.74) is 2.06. The van der Waals surface area contributed by atoms with Gasteiger partial charge in [0.1, 0.15) is 8.24 Å². The van der Waals surface area contributed by atoms with Crippen LogP contribution in [0.2, 0.25) is 39.3 Å². The molecule has 3 nitrogen and oxygen atoms in total. The van der Waals surface area contributed by atoms with Crippen LogP contribution < -0.4 is 31.4 Å². The monoisotopic (exact) mass is 635 g/mol. The van der Waals surface area contributed by atoms with Crippen molar-refractivity contribution in [2.24, 2.45) is 4.41 Å². The van der Waals surface area contributed by atoms with Crippen molar-refractivity contribution in [1.82, 2.24) is 9.74 Å². The van der Waals surface area contributed by atoms with Crippen molar-refractivity contribution in [2.45, 2.75) is 39.3 Å². The molecule has 0 fully saturated rings. The van der Waals surface area contributed by atoms with Gasteiger partial charge in [0.05, 0.1) is 18.2 Å². The van der Waals surface area contributed by atoms with Gasteiger partial charge in [-0.2, -0.15) is 0 Å². The normalized spacial score (nSPS) is 12.5. The van der Waals surface area contributed by atoms with Crippen LogP contribution in [0.3, 0.4) is 0 Å². The molecular formula is C36H43N3P2Si2. The number of pyridine rings is 1. The molecule has 0 spiro atoms. The van der Waals surface area contributed by atoms with E-state index in [1.54, 1.807) is 0 Å². The Kier molecular flexibility index (Phi) is 9.41. The number of aromatic nitrogens is 1. The second-order valence-corrected chi connectivity index (χ2v) is 28.9. The minimum absolute atomic E-state index is 0.992. The summed E-state index contributed by atoms with van der Waals surface area (Å²) in [7, 11) is -8.27. The highest BCUT2D eigenvalue weighted by molar-refractivity contribution is 7.88. The Hall–Kier alpha value is -3.05. The van der Waals surface area contributed by atoms with Crippen molar-refractivity contribution in [3.63, 3.8) is 0 Å². The molecule has 0 unspecified atom stereocenters. The Labute approximate surface area is 260 Å². The van der Waals surface area contributed by atoms with Gasteiger partial charge < -0.3 is 9.16 Å². The molecule has 0 bridgehead atoms. The lowest BCUT2D eigenvalue weighted by Gasteiger charge is -2.35. The molecule has 0 saturated carbocycles. The molecule has 0 radical (unpaired) electrons. The van der Waals surface area contributed by atoms with E-state index in [4.69, 9.17) is 9.39 Å². The minimum Gasteiger partial charge on any atom is -0.324 e. The molecule has 7 heteroatoms. The molecule has 5 aromatic rings. The van der Waals surface area contributed by atoms with Crippen LogP contribution in [0.15, 0.2) is 144 Å². The summed E-state index contributed by atoms with van der Waals surface area (Å²) in [4.78, 5) is 5.57. The molecule has 0 atom stereocenters. The summed E-state index contributed by atoms with van der Waals surface area (Å²) in [5.74, 6) is 2.46. The molecule has 4 aromatic carbocycles. The largest absolute Gasteiger partial charge is 0.324 e. The maximum atomic E-state index is 5.84. The SMILES string of the molecule is C[Si](C)(C)N=P(c1ccccc1)(c1ccccc1)c1cccc(C=P(N[Si](C)(C)C)(c2ccccc2)c2ccccc2)n1. The fourth-order valence-electron chi connectivity index (χ4n) is 5.52. The van der Waals surface area contributed by atoms with Crippen LogP contribution in [0.5, 0.6) is 0 Å². The van der Waals surface area contributed by atoms with E-state index in [0.29, 0.717) is 0 Å². The molecule has 5 rings (SSSR count). The fraction of sp³-hybridized carbons (Fsp3) is 0.167. The van der Waals surface area contributed by atoms with Crippen molar-refractivity contribution in [3.05, 3.63) is 145 Å². The number of nitrogens with one attached hydrogen (secondary N) is 1. The summed E-state index contributed by atoms with van der Waals surface area (Å²) in [6.07, 6.45) is 0. The van der Waals surface area contributed by atoms with E-state index >= 15 is 0 Å². The van der Waals surface area contributed by atoms with E-state index in [9.17, 15) is 0 Å². The molecule has 1 heterocycles. The first kappa shape index (κ1) is 31.4. The standard InChI is InChI=1S/C36H43N3P2Si2/c1-42(2,3)38-40(32-21-11-7-12-22-32,33-23-13-8-14-24-33)30-31-20-19-29-36(37-31)41(39-43(4,5)6,34-25-15-9-16-26-34)35-27-17-10-18-28-35/h7-30,38H,1-6H3. The fourth-order valence-corrected chi connectivity index (χ4v) is 21.0. The lowest BCUT2D eigenvalue weighted by Crippen LogP contribution is -2.45. The molecule has 220 valence electrons. The van der Waals surface area contributed by atoms with Gasteiger partial charge in [0.25, 0.3) is 0 Å². The first-order valence-electron chi connectivity index (χ1n) is 14.9. The zero-order valence-corrected chi connectivity index (χ0v) is 29.9. The maximum absolute atomic E-state index is 5.84. The molecule has 0 saturated heterocycles. The number of hydrogen-bond donors (Lipinski definition) is 1. The van der Waals surface area contributed by atoms with Crippen LogP contribution in [0, 0.1) is 0 Å². The molecular weight excluding hydrogens is 593 g/mol. The van der Waals surface area contributed by atoms with Crippen LogP contribution >= 0.6 is 14.1 Å². The molecule has 1 aromatic heterocycles. The van der Waals surface area contributed by atoms with Crippen molar-refractivity contribution < 1.29 is 0 Å². The predicted molar refractivity (Wildman–Crippen MR) is 199 cm³/mol. The van der Waals surface area contributed by atoms with E-state index < -0.39 is 30.6 Å². The first-order valence-corrected chi connectivity index (χ1v) is 25.4. The van der Waals surface area contributed by atoms with Crippen LogP contribution in [0.4, 0.5) is 0 Å². The van der Waals surface area contributed by atoms with Gasteiger partial charge in [0.2, 0.25) is 0 Å². The predicted octanol–water partition coefficient (Wildman–Crippen LogP) is 7.55. The molecule has 0 amide bonds. The second kappa shape index (κ2) is 12.9. The third-order valence-electron chi connectivity index (χ3n) is 6.96. The van der Waals surface area contributed by atoms with Gasteiger partial charge in [0.15, 0.2) is 8.24 Å². The Morgan fingerprint density at radius 1 is 0.535 bits per heavy atom. The lowest BCUT2D eigenvalue weighted by molar-refractivity contribution is 1.36. The maximum Gasteiger partial charge on any atom is 0.171 e. The average Bonchev–Trinajstić information content (AvgIpc) is 3.00. The zero-order valence-electron chi connectivity index (χ0n) is 26.1. The average molecular weight is 636 g/mol. The highest BCUT2D eigenvalue weighted by atomic mass is 31.2. The topological polar surface area (TPSA) is 37.3 Å². The highest BCUT2D eigenvalue weighted by Crippen LogP contribution is 2.48. The summed E-state index contributed by atoms with van der Waals surface area (Å²) in [5, 5.41) is 5.13. The van der Waals surface area contributed by atoms with E-state index in [2.05, 4.69) is 189 Å². The second-order valence-electron chi connectivity index (χ2n) is 12.9. The quantitative estimate of drug-likeness (QED) is 0.134. The van der Waals surface area contributed by atoms with Crippen LogP contribution in [0.25, 0.3) is 0 Å². The highest BCUT2D eigenvalue weighted by Gasteiger charge is 2.33. The summed E-state index contributed by atoms with van der Waals surface area (Å²) >= 11 is 0. The Balaban J connectivity index is 1.87. The molecule has 43 heavy (non-hydrogen) atoms. The molecule has 1 N–H and O–H groups in total. The third-order valence-corrected chi connectivity index (χ3v) is 20.5. The van der Waals surface area contributed by atoms with Crippen molar-refractivity contribution in [3.8, 4) is 0 Å². The van der Waals surface area contributed by atoms with Crippen molar-refractivity contribution in [2.75, 3.05) is 0 Å². The molecule has 0 aliphatic carbocycles. The Bertz CT molecular complexity index is 1680. The summed E-state index contributed by atoms with van der Waals surface area (Å²) < 4.78 is 10.1. The van der Waals surface area contributed by atoms with Crippen LogP contribution in [-0.2, 0) is 0 Å². The summed E-state index contributed by atoms with van der Waals surface area (Å²) in [6.45, 7) is 14.2. The Morgan fingerprint density at radius 3 is 1.35 bits per heavy atom. The van der Waals surface area contributed by atoms with Crippen LogP contribution in [0.1, 0.15) is 5.69 Å². The summed E-state index contributed by atoms with van der Waals surface area (Å²) in [6, 6.07) is 50.3. The molecule has 0 aliphatic rings. The van der Waals surface area contributed by atoms with Gasteiger partial charge in [0, 0.05) is 17.6 Å². The number of rotatable bonds is 9. The van der Waals surface area contributed by atoms with Gasteiger partial charge in [-0.25, -0.2) is 4.98 Å². The number of benzene rings is 4. The smallest absolute Gasteiger partial charge is 0.171 e. The van der Waals surface area contributed by atoms with Gasteiger partial charge in [-0.3, -0.25) is 0 Å². The first-order chi connectivity index (χ1) is 20.5. The number of nitrogens with zero attached hydrogens (tertiary/aromatic N) is 2. The zero-order chi connectivity index (χ0) is 30.6.